The Kier molecular flexibility index (Phi) is 4.66. The predicted molar refractivity (Wildman–Crippen MR) is 60.2 cm³/mol. The highest BCUT2D eigenvalue weighted by atomic mass is 32.1. The Bertz CT molecular complexity index is 267. The van der Waals surface area contributed by atoms with Gasteiger partial charge in [0.05, 0.1) is 6.54 Å². The molecule has 2 nitrogen and oxygen atoms in total. The van der Waals surface area contributed by atoms with Crippen molar-refractivity contribution in [1.82, 2.24) is 5.32 Å². The molecule has 0 aromatic carbocycles. The van der Waals surface area contributed by atoms with Crippen molar-refractivity contribution in [3.63, 3.8) is 0 Å². The summed E-state index contributed by atoms with van der Waals surface area (Å²) in [6.45, 7) is 4.94. The summed E-state index contributed by atoms with van der Waals surface area (Å²) < 4.78 is 0. The van der Waals surface area contributed by atoms with Gasteiger partial charge in [0, 0.05) is 11.3 Å². The lowest BCUT2D eigenvalue weighted by Gasteiger charge is -2.05. The van der Waals surface area contributed by atoms with Crippen LogP contribution in [0.15, 0.2) is 17.5 Å². The van der Waals surface area contributed by atoms with E-state index in [9.17, 15) is 4.79 Å². The van der Waals surface area contributed by atoms with Crippen LogP contribution in [-0.4, -0.2) is 5.91 Å². The number of hydrogen-bond donors (Lipinski definition) is 1. The summed E-state index contributed by atoms with van der Waals surface area (Å²) in [7, 11) is 0. The zero-order valence-electron chi connectivity index (χ0n) is 8.75. The third kappa shape index (κ3) is 4.42. The maximum Gasteiger partial charge on any atom is 0.220 e. The molecule has 1 amide bonds. The molecule has 0 aliphatic rings. The smallest absolute Gasteiger partial charge is 0.220 e. The quantitative estimate of drug-likeness (QED) is 0.797. The first kappa shape index (κ1) is 11.2. The molecular weight excluding hydrogens is 194 g/mol. The molecule has 0 bridgehead atoms. The molecule has 0 saturated heterocycles. The van der Waals surface area contributed by atoms with E-state index in [0.717, 1.165) is 6.42 Å². The summed E-state index contributed by atoms with van der Waals surface area (Å²) in [6, 6.07) is 4.04. The van der Waals surface area contributed by atoms with E-state index in [1.165, 1.54) is 4.88 Å². The lowest BCUT2D eigenvalue weighted by molar-refractivity contribution is -0.121. The van der Waals surface area contributed by atoms with Crippen LogP contribution in [0.3, 0.4) is 0 Å². The van der Waals surface area contributed by atoms with E-state index in [2.05, 4.69) is 19.2 Å². The monoisotopic (exact) mass is 211 g/mol. The molecule has 0 fully saturated rings. The summed E-state index contributed by atoms with van der Waals surface area (Å²) in [6.07, 6.45) is 1.61. The zero-order valence-corrected chi connectivity index (χ0v) is 9.56. The predicted octanol–water partition coefficient (Wildman–Crippen LogP) is 2.80. The SMILES string of the molecule is CC(C)CCC(=O)NCc1cccs1. The van der Waals surface area contributed by atoms with Crippen molar-refractivity contribution in [1.29, 1.82) is 0 Å². The largest absolute Gasteiger partial charge is 0.351 e. The molecule has 0 unspecified atom stereocenters. The van der Waals surface area contributed by atoms with E-state index in [1.54, 1.807) is 11.3 Å². The summed E-state index contributed by atoms with van der Waals surface area (Å²) in [5.41, 5.74) is 0. The average Bonchev–Trinajstić information content (AvgIpc) is 2.63. The van der Waals surface area contributed by atoms with Crippen molar-refractivity contribution in [2.24, 2.45) is 5.92 Å². The van der Waals surface area contributed by atoms with Gasteiger partial charge in [0.25, 0.3) is 0 Å². The summed E-state index contributed by atoms with van der Waals surface area (Å²) >= 11 is 1.67. The highest BCUT2D eigenvalue weighted by molar-refractivity contribution is 7.09. The highest BCUT2D eigenvalue weighted by Gasteiger charge is 2.03. The van der Waals surface area contributed by atoms with Crippen molar-refractivity contribution in [2.45, 2.75) is 33.2 Å². The van der Waals surface area contributed by atoms with Gasteiger partial charge in [-0.3, -0.25) is 4.79 Å². The van der Waals surface area contributed by atoms with Crippen LogP contribution >= 0.6 is 11.3 Å². The van der Waals surface area contributed by atoms with Crippen molar-refractivity contribution >= 4 is 17.2 Å². The Morgan fingerprint density at radius 3 is 2.93 bits per heavy atom. The molecule has 1 N–H and O–H groups in total. The van der Waals surface area contributed by atoms with Gasteiger partial charge in [-0.2, -0.15) is 0 Å². The minimum absolute atomic E-state index is 0.159. The third-order valence-electron chi connectivity index (χ3n) is 1.99. The molecule has 78 valence electrons. The molecule has 0 saturated carbocycles. The van der Waals surface area contributed by atoms with Crippen molar-refractivity contribution in [3.05, 3.63) is 22.4 Å². The van der Waals surface area contributed by atoms with Gasteiger partial charge in [-0.25, -0.2) is 0 Å². The summed E-state index contributed by atoms with van der Waals surface area (Å²) in [5.74, 6) is 0.759. The van der Waals surface area contributed by atoms with Gasteiger partial charge in [-0.15, -0.1) is 11.3 Å². The third-order valence-corrected chi connectivity index (χ3v) is 2.87. The number of carbonyl (C=O) groups excluding carboxylic acids is 1. The number of nitrogens with one attached hydrogen (secondary N) is 1. The standard InChI is InChI=1S/C11H17NOS/c1-9(2)5-6-11(13)12-8-10-4-3-7-14-10/h3-4,7,9H,5-6,8H2,1-2H3,(H,12,13). The molecule has 0 aliphatic heterocycles. The maximum atomic E-state index is 11.3. The molecule has 3 heteroatoms. The van der Waals surface area contributed by atoms with Gasteiger partial charge in [-0.05, 0) is 23.8 Å². The van der Waals surface area contributed by atoms with Crippen LogP contribution in [0.5, 0.6) is 0 Å². The van der Waals surface area contributed by atoms with Crippen LogP contribution in [0.25, 0.3) is 0 Å². The Hall–Kier alpha value is -0.830. The highest BCUT2D eigenvalue weighted by Crippen LogP contribution is 2.08. The van der Waals surface area contributed by atoms with Gasteiger partial charge < -0.3 is 5.32 Å². The van der Waals surface area contributed by atoms with E-state index in [1.807, 2.05) is 17.5 Å². The van der Waals surface area contributed by atoms with Crippen LogP contribution in [-0.2, 0) is 11.3 Å². The molecule has 0 aliphatic carbocycles. The van der Waals surface area contributed by atoms with Crippen molar-refractivity contribution < 1.29 is 4.79 Å². The minimum atomic E-state index is 0.159. The first-order valence-corrected chi connectivity index (χ1v) is 5.85. The second kappa shape index (κ2) is 5.81. The second-order valence-electron chi connectivity index (χ2n) is 3.79. The van der Waals surface area contributed by atoms with E-state index < -0.39 is 0 Å². The maximum absolute atomic E-state index is 11.3. The minimum Gasteiger partial charge on any atom is -0.351 e. The van der Waals surface area contributed by atoms with Gasteiger partial charge in [-0.1, -0.05) is 19.9 Å². The van der Waals surface area contributed by atoms with Crippen LogP contribution in [0.2, 0.25) is 0 Å². The van der Waals surface area contributed by atoms with E-state index in [-0.39, 0.29) is 5.91 Å². The van der Waals surface area contributed by atoms with Gasteiger partial charge in [0.2, 0.25) is 5.91 Å². The molecule has 0 atom stereocenters. The molecular formula is C11H17NOS. The van der Waals surface area contributed by atoms with E-state index >= 15 is 0 Å². The number of rotatable bonds is 5. The van der Waals surface area contributed by atoms with Crippen LogP contribution in [0, 0.1) is 5.92 Å². The number of carbonyl (C=O) groups is 1. The van der Waals surface area contributed by atoms with Gasteiger partial charge >= 0.3 is 0 Å². The summed E-state index contributed by atoms with van der Waals surface area (Å²) in [4.78, 5) is 12.5. The fourth-order valence-electron chi connectivity index (χ4n) is 1.11. The Labute approximate surface area is 89.3 Å². The first-order chi connectivity index (χ1) is 6.68. The number of thiophene rings is 1. The van der Waals surface area contributed by atoms with Crippen molar-refractivity contribution in [3.8, 4) is 0 Å². The fraction of sp³-hybridized carbons (Fsp3) is 0.545. The van der Waals surface area contributed by atoms with Crippen LogP contribution in [0.1, 0.15) is 31.6 Å². The van der Waals surface area contributed by atoms with Crippen molar-refractivity contribution in [2.75, 3.05) is 0 Å². The fourth-order valence-corrected chi connectivity index (χ4v) is 1.75. The molecule has 1 aromatic rings. The molecule has 0 spiro atoms. The zero-order chi connectivity index (χ0) is 10.4. The average molecular weight is 211 g/mol. The van der Waals surface area contributed by atoms with Gasteiger partial charge in [0.1, 0.15) is 0 Å². The summed E-state index contributed by atoms with van der Waals surface area (Å²) in [5, 5.41) is 4.94. The number of hydrogen-bond acceptors (Lipinski definition) is 2. The molecule has 1 aromatic heterocycles. The Balaban J connectivity index is 2.15. The van der Waals surface area contributed by atoms with Gasteiger partial charge in [0.15, 0.2) is 0 Å². The Morgan fingerprint density at radius 1 is 1.57 bits per heavy atom. The van der Waals surface area contributed by atoms with E-state index in [4.69, 9.17) is 0 Å². The van der Waals surface area contributed by atoms with Crippen LogP contribution in [0.4, 0.5) is 0 Å². The number of amides is 1. The molecule has 14 heavy (non-hydrogen) atoms. The molecule has 1 heterocycles. The lowest BCUT2D eigenvalue weighted by atomic mass is 10.1. The van der Waals surface area contributed by atoms with E-state index in [0.29, 0.717) is 18.9 Å². The lowest BCUT2D eigenvalue weighted by Crippen LogP contribution is -2.22. The Morgan fingerprint density at radius 2 is 2.36 bits per heavy atom. The second-order valence-corrected chi connectivity index (χ2v) is 4.82. The molecule has 0 radical (unpaired) electrons. The normalized spacial score (nSPS) is 10.5. The first-order valence-electron chi connectivity index (χ1n) is 4.97. The topological polar surface area (TPSA) is 29.1 Å². The molecule has 1 rings (SSSR count). The van der Waals surface area contributed by atoms with Crippen LogP contribution < -0.4 is 5.32 Å².